The summed E-state index contributed by atoms with van der Waals surface area (Å²) < 4.78 is 19.5. The second-order valence-corrected chi connectivity index (χ2v) is 7.16. The number of hydrogen-bond acceptors (Lipinski definition) is 5. The highest BCUT2D eigenvalue weighted by Crippen LogP contribution is 2.30. The minimum absolute atomic E-state index is 0.0435. The number of likely N-dealkylation sites (tertiary alicyclic amines) is 1. The van der Waals surface area contributed by atoms with Gasteiger partial charge in [0.1, 0.15) is 5.82 Å². The van der Waals surface area contributed by atoms with Gasteiger partial charge in [0, 0.05) is 30.0 Å². The average Bonchev–Trinajstić information content (AvgIpc) is 3.35. The van der Waals surface area contributed by atoms with Gasteiger partial charge in [-0.2, -0.15) is 11.3 Å². The third-order valence-corrected chi connectivity index (χ3v) is 5.39. The van der Waals surface area contributed by atoms with E-state index >= 15 is 0 Å². The molecule has 3 aromatic rings. The Morgan fingerprint density at radius 2 is 2.04 bits per heavy atom. The normalized spacial score (nSPS) is 15.3. The van der Waals surface area contributed by atoms with Crippen LogP contribution in [-0.4, -0.2) is 34.1 Å². The molecule has 134 valence electrons. The van der Waals surface area contributed by atoms with Crippen LogP contribution in [0.5, 0.6) is 0 Å². The maximum atomic E-state index is 13.7. The molecule has 0 spiro atoms. The number of piperidine rings is 1. The molecule has 0 aliphatic carbocycles. The zero-order valence-corrected chi connectivity index (χ0v) is 14.9. The van der Waals surface area contributed by atoms with Crippen molar-refractivity contribution in [3.8, 4) is 11.5 Å². The predicted octanol–water partition coefficient (Wildman–Crippen LogP) is 3.89. The Balaban J connectivity index is 1.35. The van der Waals surface area contributed by atoms with Gasteiger partial charge in [0.15, 0.2) is 0 Å². The van der Waals surface area contributed by atoms with Gasteiger partial charge in [-0.3, -0.25) is 4.79 Å². The molecule has 0 unspecified atom stereocenters. The van der Waals surface area contributed by atoms with Crippen molar-refractivity contribution in [1.82, 2.24) is 15.1 Å². The topological polar surface area (TPSA) is 59.2 Å². The third-order valence-electron chi connectivity index (χ3n) is 4.71. The lowest BCUT2D eigenvalue weighted by Gasteiger charge is -2.30. The summed E-state index contributed by atoms with van der Waals surface area (Å²) >= 11 is 1.59. The van der Waals surface area contributed by atoms with Crippen molar-refractivity contribution in [3.05, 3.63) is 58.4 Å². The van der Waals surface area contributed by atoms with E-state index in [9.17, 15) is 9.18 Å². The number of nitrogens with zero attached hydrogens (tertiary/aromatic N) is 3. The first-order chi connectivity index (χ1) is 12.7. The van der Waals surface area contributed by atoms with E-state index in [4.69, 9.17) is 4.42 Å². The molecule has 1 aliphatic rings. The summed E-state index contributed by atoms with van der Waals surface area (Å²) in [5.74, 6) is 0.958. The minimum atomic E-state index is -0.331. The molecule has 1 saturated heterocycles. The van der Waals surface area contributed by atoms with Gasteiger partial charge in [0.25, 0.3) is 0 Å². The van der Waals surface area contributed by atoms with Crippen LogP contribution in [0.25, 0.3) is 11.5 Å². The lowest BCUT2D eigenvalue weighted by Crippen LogP contribution is -2.39. The van der Waals surface area contributed by atoms with Gasteiger partial charge < -0.3 is 9.32 Å². The highest BCUT2D eigenvalue weighted by molar-refractivity contribution is 7.08. The Bertz CT molecular complexity index is 886. The molecule has 0 radical (unpaired) electrons. The van der Waals surface area contributed by atoms with Crippen molar-refractivity contribution in [2.45, 2.75) is 25.2 Å². The number of hydrogen-bond donors (Lipinski definition) is 0. The molecule has 7 heteroatoms. The van der Waals surface area contributed by atoms with Crippen LogP contribution in [0.3, 0.4) is 0 Å². The highest BCUT2D eigenvalue weighted by Gasteiger charge is 2.27. The molecule has 26 heavy (non-hydrogen) atoms. The van der Waals surface area contributed by atoms with E-state index in [-0.39, 0.29) is 24.1 Å². The van der Waals surface area contributed by atoms with Gasteiger partial charge in [-0.25, -0.2) is 4.39 Å². The summed E-state index contributed by atoms with van der Waals surface area (Å²) in [7, 11) is 0. The number of carbonyl (C=O) groups is 1. The lowest BCUT2D eigenvalue weighted by atomic mass is 9.96. The molecule has 0 bridgehead atoms. The van der Waals surface area contributed by atoms with Crippen molar-refractivity contribution in [2.24, 2.45) is 0 Å². The van der Waals surface area contributed by atoms with Crippen LogP contribution < -0.4 is 0 Å². The fourth-order valence-electron chi connectivity index (χ4n) is 3.19. The smallest absolute Gasteiger partial charge is 0.248 e. The van der Waals surface area contributed by atoms with Gasteiger partial charge in [0.05, 0.1) is 6.42 Å². The molecule has 1 aromatic carbocycles. The maximum Gasteiger partial charge on any atom is 0.248 e. The fraction of sp³-hybridized carbons (Fsp3) is 0.316. The van der Waals surface area contributed by atoms with E-state index in [1.807, 2.05) is 16.8 Å². The first-order valence-corrected chi connectivity index (χ1v) is 9.52. The molecule has 1 fully saturated rings. The van der Waals surface area contributed by atoms with Crippen LogP contribution >= 0.6 is 11.3 Å². The molecule has 1 amide bonds. The maximum absolute atomic E-state index is 13.7. The monoisotopic (exact) mass is 371 g/mol. The van der Waals surface area contributed by atoms with Crippen LogP contribution in [0.15, 0.2) is 45.5 Å². The van der Waals surface area contributed by atoms with Crippen LogP contribution in [0.1, 0.15) is 30.2 Å². The van der Waals surface area contributed by atoms with E-state index in [0.717, 1.165) is 18.4 Å². The molecule has 0 atom stereocenters. The third kappa shape index (κ3) is 3.53. The van der Waals surface area contributed by atoms with Gasteiger partial charge in [-0.05, 0) is 35.9 Å². The molecule has 5 nitrogen and oxygen atoms in total. The Morgan fingerprint density at radius 3 is 2.77 bits per heavy atom. The van der Waals surface area contributed by atoms with Crippen LogP contribution in [0.2, 0.25) is 0 Å². The van der Waals surface area contributed by atoms with E-state index in [1.54, 1.807) is 34.4 Å². The molecule has 4 rings (SSSR count). The summed E-state index contributed by atoms with van der Waals surface area (Å²) in [4.78, 5) is 14.2. The van der Waals surface area contributed by atoms with Gasteiger partial charge in [-0.1, -0.05) is 18.2 Å². The number of halogens is 1. The number of aromatic nitrogens is 2. The molecule has 0 saturated carbocycles. The number of amides is 1. The van der Waals surface area contributed by atoms with Crippen molar-refractivity contribution in [3.63, 3.8) is 0 Å². The first kappa shape index (κ1) is 16.9. The Morgan fingerprint density at radius 1 is 1.23 bits per heavy atom. The first-order valence-electron chi connectivity index (χ1n) is 8.58. The molecular weight excluding hydrogens is 353 g/mol. The predicted molar refractivity (Wildman–Crippen MR) is 96.3 cm³/mol. The van der Waals surface area contributed by atoms with Crippen molar-refractivity contribution in [2.75, 3.05) is 13.1 Å². The second-order valence-electron chi connectivity index (χ2n) is 6.38. The molecule has 1 aliphatic heterocycles. The second kappa shape index (κ2) is 7.37. The molecule has 2 aromatic heterocycles. The SMILES string of the molecule is O=C(Cc1ccccc1F)N1CCC(c2nnc(-c3ccsc3)o2)CC1. The number of benzene rings is 1. The van der Waals surface area contributed by atoms with Crippen LogP contribution in [-0.2, 0) is 11.2 Å². The Kier molecular flexibility index (Phi) is 4.79. The van der Waals surface area contributed by atoms with Crippen molar-refractivity contribution >= 4 is 17.2 Å². The van der Waals surface area contributed by atoms with E-state index < -0.39 is 0 Å². The Hall–Kier alpha value is -2.54. The number of rotatable bonds is 4. The van der Waals surface area contributed by atoms with Gasteiger partial charge in [-0.15, -0.1) is 10.2 Å². The van der Waals surface area contributed by atoms with Crippen LogP contribution in [0.4, 0.5) is 4.39 Å². The quantitative estimate of drug-likeness (QED) is 0.698. The summed E-state index contributed by atoms with van der Waals surface area (Å²) in [6, 6.07) is 8.37. The number of carbonyl (C=O) groups excluding carboxylic acids is 1. The van der Waals surface area contributed by atoms with E-state index in [0.29, 0.717) is 30.4 Å². The van der Waals surface area contributed by atoms with Gasteiger partial charge >= 0.3 is 0 Å². The van der Waals surface area contributed by atoms with Crippen molar-refractivity contribution in [1.29, 1.82) is 0 Å². The van der Waals surface area contributed by atoms with E-state index in [2.05, 4.69) is 10.2 Å². The summed E-state index contributed by atoms with van der Waals surface area (Å²) in [5.41, 5.74) is 1.38. The zero-order valence-electron chi connectivity index (χ0n) is 14.1. The summed E-state index contributed by atoms with van der Waals surface area (Å²) in [6.07, 6.45) is 1.64. The van der Waals surface area contributed by atoms with Crippen LogP contribution in [0, 0.1) is 5.82 Å². The fourth-order valence-corrected chi connectivity index (χ4v) is 3.82. The summed E-state index contributed by atoms with van der Waals surface area (Å²) in [6.45, 7) is 1.24. The summed E-state index contributed by atoms with van der Waals surface area (Å²) in [5, 5.41) is 12.2. The molecule has 3 heterocycles. The largest absolute Gasteiger partial charge is 0.420 e. The lowest BCUT2D eigenvalue weighted by molar-refractivity contribution is -0.131. The standard InChI is InChI=1S/C19H18FN3O2S/c20-16-4-2-1-3-14(16)11-17(24)23-8-5-13(6-9-23)18-21-22-19(25-18)15-7-10-26-12-15/h1-4,7,10,12-13H,5-6,8-9,11H2. The molecule has 0 N–H and O–H groups in total. The Labute approximate surface area is 154 Å². The van der Waals surface area contributed by atoms with Crippen molar-refractivity contribution < 1.29 is 13.6 Å². The highest BCUT2D eigenvalue weighted by atomic mass is 32.1. The van der Waals surface area contributed by atoms with E-state index in [1.165, 1.54) is 6.07 Å². The van der Waals surface area contributed by atoms with Gasteiger partial charge in [0.2, 0.25) is 17.7 Å². The molecular formula is C19H18FN3O2S. The minimum Gasteiger partial charge on any atom is -0.420 e. The zero-order chi connectivity index (χ0) is 17.9. The number of thiophene rings is 1. The average molecular weight is 371 g/mol.